The number of hydrogen-bond acceptors (Lipinski definition) is 4. The summed E-state index contributed by atoms with van der Waals surface area (Å²) in [5, 5.41) is 15.8. The number of allylic oxidation sites excluding steroid dienone is 1. The maximum Gasteiger partial charge on any atom is 0.145 e. The molecule has 0 unspecified atom stereocenters. The maximum atomic E-state index is 10.7. The van der Waals surface area contributed by atoms with Gasteiger partial charge in [-0.3, -0.25) is 4.98 Å². The number of fused-ring (bicyclic) bond motifs is 1. The molecule has 4 aromatic rings. The van der Waals surface area contributed by atoms with Crippen LogP contribution in [0.3, 0.4) is 0 Å². The third-order valence-electron chi connectivity index (χ3n) is 4.81. The molecule has 0 amide bonds. The lowest BCUT2D eigenvalue weighted by Crippen LogP contribution is -2.14. The van der Waals surface area contributed by atoms with Crippen LogP contribution in [0.5, 0.6) is 5.75 Å². The molecule has 5 heteroatoms. The van der Waals surface area contributed by atoms with Crippen LogP contribution >= 0.6 is 11.6 Å². The number of pyridine rings is 2. The van der Waals surface area contributed by atoms with Gasteiger partial charge in [-0.25, -0.2) is 4.98 Å². The molecule has 29 heavy (non-hydrogen) atoms. The Morgan fingerprint density at radius 2 is 1.83 bits per heavy atom. The van der Waals surface area contributed by atoms with Crippen LogP contribution in [0.2, 0.25) is 5.02 Å². The fourth-order valence-electron chi connectivity index (χ4n) is 3.45. The Morgan fingerprint density at radius 1 is 1.03 bits per heavy atom. The molecule has 0 fully saturated rings. The number of aromatic nitrogens is 2. The van der Waals surface area contributed by atoms with Crippen molar-refractivity contribution >= 4 is 28.3 Å². The van der Waals surface area contributed by atoms with E-state index in [0.29, 0.717) is 17.0 Å². The van der Waals surface area contributed by atoms with Crippen LogP contribution in [0, 0.1) is 0 Å². The summed E-state index contributed by atoms with van der Waals surface area (Å²) in [5.41, 5.74) is 3.38. The number of hydrogen-bond donors (Lipinski definition) is 2. The van der Waals surface area contributed by atoms with E-state index in [0.717, 1.165) is 27.9 Å². The smallest absolute Gasteiger partial charge is 0.145 e. The highest BCUT2D eigenvalue weighted by Crippen LogP contribution is 2.37. The lowest BCUT2D eigenvalue weighted by Gasteiger charge is -2.23. The van der Waals surface area contributed by atoms with Crippen molar-refractivity contribution in [3.8, 4) is 5.75 Å². The second-order valence-corrected chi connectivity index (χ2v) is 7.15. The van der Waals surface area contributed by atoms with Gasteiger partial charge < -0.3 is 10.4 Å². The number of phenolic OH excluding ortho intramolecular Hbond substituents is 1. The zero-order chi connectivity index (χ0) is 20.2. The summed E-state index contributed by atoms with van der Waals surface area (Å²) in [7, 11) is 0. The molecular weight excluding hydrogens is 382 g/mol. The van der Waals surface area contributed by atoms with Crippen LogP contribution in [-0.2, 0) is 6.42 Å². The van der Waals surface area contributed by atoms with E-state index in [4.69, 9.17) is 11.6 Å². The highest BCUT2D eigenvalue weighted by Gasteiger charge is 2.21. The number of nitrogens with one attached hydrogen (secondary N) is 1. The highest BCUT2D eigenvalue weighted by atomic mass is 35.5. The minimum absolute atomic E-state index is 0.192. The van der Waals surface area contributed by atoms with Gasteiger partial charge in [0, 0.05) is 28.4 Å². The minimum Gasteiger partial charge on any atom is -0.505 e. The van der Waals surface area contributed by atoms with Crippen LogP contribution in [0.4, 0.5) is 5.82 Å². The van der Waals surface area contributed by atoms with Crippen LogP contribution in [-0.4, -0.2) is 15.1 Å². The fourth-order valence-corrected chi connectivity index (χ4v) is 3.58. The molecule has 0 aliphatic heterocycles. The van der Waals surface area contributed by atoms with E-state index < -0.39 is 0 Å². The number of nitrogens with zero attached hydrogens (tertiary/aromatic N) is 2. The standard InChI is InChI=1S/C24H20ClN3O/c1-2-6-17-15-20(19-7-5-14-27-23(19)24(17)29)22(16-9-11-18(25)12-10-16)28-21-8-3-4-13-26-21/h2-5,7-15,22,29H,1,6H2,(H,26,28)/t22-/m1/s1. The Bertz CT molecular complexity index is 1140. The van der Waals surface area contributed by atoms with Crippen molar-refractivity contribution in [1.29, 1.82) is 0 Å². The van der Waals surface area contributed by atoms with Crippen molar-refractivity contribution in [2.45, 2.75) is 12.5 Å². The molecule has 1 atom stereocenters. The summed E-state index contributed by atoms with van der Waals surface area (Å²) < 4.78 is 0. The summed E-state index contributed by atoms with van der Waals surface area (Å²) >= 11 is 6.12. The highest BCUT2D eigenvalue weighted by molar-refractivity contribution is 6.30. The summed E-state index contributed by atoms with van der Waals surface area (Å²) in [5.74, 6) is 0.944. The third kappa shape index (κ3) is 3.93. The van der Waals surface area contributed by atoms with Crippen LogP contribution < -0.4 is 5.32 Å². The molecule has 0 bridgehead atoms. The number of rotatable bonds is 6. The Morgan fingerprint density at radius 3 is 2.55 bits per heavy atom. The molecule has 0 spiro atoms. The van der Waals surface area contributed by atoms with E-state index in [9.17, 15) is 5.11 Å². The van der Waals surface area contributed by atoms with E-state index >= 15 is 0 Å². The van der Waals surface area contributed by atoms with Gasteiger partial charge in [-0.1, -0.05) is 41.9 Å². The second kappa shape index (κ2) is 8.33. The average Bonchev–Trinajstić information content (AvgIpc) is 2.76. The predicted octanol–water partition coefficient (Wildman–Crippen LogP) is 5.92. The molecule has 0 radical (unpaired) electrons. The molecule has 2 heterocycles. The quantitative estimate of drug-likeness (QED) is 0.394. The van der Waals surface area contributed by atoms with E-state index in [1.165, 1.54) is 0 Å². The minimum atomic E-state index is -0.210. The Kier molecular flexibility index (Phi) is 5.45. The first-order valence-corrected chi connectivity index (χ1v) is 9.68. The van der Waals surface area contributed by atoms with Crippen molar-refractivity contribution in [3.63, 3.8) is 0 Å². The van der Waals surface area contributed by atoms with Crippen LogP contribution in [0.1, 0.15) is 22.7 Å². The molecule has 0 saturated heterocycles. The first-order chi connectivity index (χ1) is 14.2. The number of phenols is 1. The molecular formula is C24H20ClN3O. The van der Waals surface area contributed by atoms with Gasteiger partial charge >= 0.3 is 0 Å². The van der Waals surface area contributed by atoms with Gasteiger partial charge in [0.25, 0.3) is 0 Å². The monoisotopic (exact) mass is 401 g/mol. The van der Waals surface area contributed by atoms with Gasteiger partial charge in [-0.05, 0) is 53.9 Å². The first kappa shape index (κ1) is 19.0. The molecule has 144 valence electrons. The van der Waals surface area contributed by atoms with Gasteiger partial charge in [0.05, 0.1) is 6.04 Å². The SMILES string of the molecule is C=CCc1cc([C@H](Nc2ccccn2)c2ccc(Cl)cc2)c2cccnc2c1O. The van der Waals surface area contributed by atoms with Crippen molar-refractivity contribution < 1.29 is 5.11 Å². The van der Waals surface area contributed by atoms with Crippen molar-refractivity contribution in [2.24, 2.45) is 0 Å². The average molecular weight is 402 g/mol. The van der Waals surface area contributed by atoms with Gasteiger partial charge in [0.2, 0.25) is 0 Å². The van der Waals surface area contributed by atoms with Crippen LogP contribution in [0.15, 0.2) is 85.7 Å². The van der Waals surface area contributed by atoms with E-state index in [1.54, 1.807) is 18.5 Å². The molecule has 0 saturated carbocycles. The number of benzene rings is 2. The zero-order valence-electron chi connectivity index (χ0n) is 15.7. The molecule has 2 aromatic heterocycles. The predicted molar refractivity (Wildman–Crippen MR) is 118 cm³/mol. The molecule has 4 rings (SSSR count). The first-order valence-electron chi connectivity index (χ1n) is 9.31. The number of halogens is 1. The topological polar surface area (TPSA) is 58.0 Å². The Hall–Kier alpha value is -3.37. The molecule has 0 aliphatic carbocycles. The lowest BCUT2D eigenvalue weighted by molar-refractivity contribution is 0.474. The third-order valence-corrected chi connectivity index (χ3v) is 5.06. The molecule has 2 N–H and O–H groups in total. The summed E-state index contributed by atoms with van der Waals surface area (Å²) in [4.78, 5) is 8.86. The van der Waals surface area contributed by atoms with Gasteiger partial charge in [-0.2, -0.15) is 0 Å². The van der Waals surface area contributed by atoms with E-state index in [-0.39, 0.29) is 11.8 Å². The number of anilines is 1. The largest absolute Gasteiger partial charge is 0.505 e. The van der Waals surface area contributed by atoms with Crippen LogP contribution in [0.25, 0.3) is 10.9 Å². The van der Waals surface area contributed by atoms with Gasteiger partial charge in [0.1, 0.15) is 17.1 Å². The Labute approximate surface area is 174 Å². The molecule has 2 aromatic carbocycles. The van der Waals surface area contributed by atoms with E-state index in [2.05, 4.69) is 21.9 Å². The molecule has 4 nitrogen and oxygen atoms in total. The Balaban J connectivity index is 1.94. The second-order valence-electron chi connectivity index (χ2n) is 6.71. The maximum absolute atomic E-state index is 10.7. The fraction of sp³-hybridized carbons (Fsp3) is 0.0833. The van der Waals surface area contributed by atoms with Gasteiger partial charge in [0.15, 0.2) is 0 Å². The van der Waals surface area contributed by atoms with Crippen molar-refractivity contribution in [2.75, 3.05) is 5.32 Å². The number of aromatic hydroxyl groups is 1. The zero-order valence-corrected chi connectivity index (χ0v) is 16.5. The van der Waals surface area contributed by atoms with Crippen molar-refractivity contribution in [3.05, 3.63) is 107 Å². The van der Waals surface area contributed by atoms with Crippen molar-refractivity contribution in [1.82, 2.24) is 9.97 Å². The molecule has 0 aliphatic rings. The summed E-state index contributed by atoms with van der Waals surface area (Å²) in [6.45, 7) is 3.82. The lowest BCUT2D eigenvalue weighted by atomic mass is 9.92. The summed E-state index contributed by atoms with van der Waals surface area (Å²) in [6.07, 6.45) is 5.76. The van der Waals surface area contributed by atoms with E-state index in [1.807, 2.05) is 60.7 Å². The summed E-state index contributed by atoms with van der Waals surface area (Å²) in [6, 6.07) is 19.1. The normalized spacial score (nSPS) is 11.9. The van der Waals surface area contributed by atoms with Gasteiger partial charge in [-0.15, -0.1) is 6.58 Å².